The molecule has 1 heterocycles. The number of aromatic nitrogens is 2. The Bertz CT molecular complexity index is 1270. The van der Waals surface area contributed by atoms with Crippen molar-refractivity contribution in [1.82, 2.24) is 20.6 Å². The van der Waals surface area contributed by atoms with Crippen LogP contribution in [-0.2, 0) is 0 Å². The number of nitrogens with zero attached hydrogens (tertiary/aromatic N) is 2. The minimum absolute atomic E-state index is 0.295. The summed E-state index contributed by atoms with van der Waals surface area (Å²) in [6, 6.07) is 24.0. The van der Waals surface area contributed by atoms with Crippen LogP contribution >= 0.6 is 0 Å². The van der Waals surface area contributed by atoms with Crippen molar-refractivity contribution in [2.45, 2.75) is 6.92 Å². The molecule has 0 saturated carbocycles. The molecule has 0 spiro atoms. The van der Waals surface area contributed by atoms with Gasteiger partial charge in [0, 0.05) is 17.3 Å². The maximum atomic E-state index is 13.1. The van der Waals surface area contributed by atoms with Crippen molar-refractivity contribution in [2.24, 2.45) is 0 Å². The number of hydrogen-bond acceptors (Lipinski definition) is 4. The first kappa shape index (κ1) is 20.9. The lowest BCUT2D eigenvalue weighted by Crippen LogP contribution is -2.41. The monoisotopic (exact) mass is 426 g/mol. The molecule has 32 heavy (non-hydrogen) atoms. The molecule has 7 nitrogen and oxygen atoms in total. The van der Waals surface area contributed by atoms with Gasteiger partial charge in [-0.1, -0.05) is 48.5 Å². The van der Waals surface area contributed by atoms with Crippen LogP contribution < -0.4 is 15.6 Å². The number of nitrogens with one attached hydrogen (secondary N) is 2. The van der Waals surface area contributed by atoms with Gasteiger partial charge in [-0.2, -0.15) is 5.10 Å². The van der Waals surface area contributed by atoms with Crippen LogP contribution in [0.1, 0.15) is 26.3 Å². The molecule has 0 bridgehead atoms. The molecule has 4 aromatic rings. The quantitative estimate of drug-likeness (QED) is 0.474. The molecule has 3 aromatic carbocycles. The number of carbonyl (C=O) groups is 2. The molecule has 2 amide bonds. The number of methoxy groups -OCH3 is 1. The zero-order valence-electron chi connectivity index (χ0n) is 17.7. The normalized spacial score (nSPS) is 10.4. The number of carbonyl (C=O) groups excluding carboxylic acids is 2. The maximum Gasteiger partial charge on any atom is 0.273 e. The first-order chi connectivity index (χ1) is 15.6. The number of aryl methyl sites for hydroxylation is 1. The first-order valence-electron chi connectivity index (χ1n) is 10.0. The SMILES string of the molecule is COc1ccccc1-c1nn(-c2ccccc2)cc1C(=O)NNC(=O)c1ccccc1C. The summed E-state index contributed by atoms with van der Waals surface area (Å²) < 4.78 is 7.09. The number of hydrogen-bond donors (Lipinski definition) is 2. The summed E-state index contributed by atoms with van der Waals surface area (Å²) >= 11 is 0. The van der Waals surface area contributed by atoms with Gasteiger partial charge >= 0.3 is 0 Å². The summed E-state index contributed by atoms with van der Waals surface area (Å²) in [7, 11) is 1.56. The van der Waals surface area contributed by atoms with Crippen LogP contribution in [0, 0.1) is 6.92 Å². The van der Waals surface area contributed by atoms with Gasteiger partial charge in [0.25, 0.3) is 11.8 Å². The molecule has 0 unspecified atom stereocenters. The number of ether oxygens (including phenoxy) is 1. The van der Waals surface area contributed by atoms with Gasteiger partial charge < -0.3 is 4.74 Å². The van der Waals surface area contributed by atoms with Crippen LogP contribution in [0.25, 0.3) is 16.9 Å². The third-order valence-electron chi connectivity index (χ3n) is 5.02. The summed E-state index contributed by atoms with van der Waals surface area (Å²) in [5, 5.41) is 4.64. The smallest absolute Gasteiger partial charge is 0.273 e. The summed E-state index contributed by atoms with van der Waals surface area (Å²) in [6.07, 6.45) is 1.63. The summed E-state index contributed by atoms with van der Waals surface area (Å²) in [6.45, 7) is 1.83. The minimum atomic E-state index is -0.491. The Hall–Kier alpha value is -4.39. The molecule has 2 N–H and O–H groups in total. The van der Waals surface area contributed by atoms with E-state index >= 15 is 0 Å². The highest BCUT2D eigenvalue weighted by Crippen LogP contribution is 2.31. The van der Waals surface area contributed by atoms with E-state index in [0.717, 1.165) is 11.3 Å². The highest BCUT2D eigenvalue weighted by Gasteiger charge is 2.21. The molecule has 0 radical (unpaired) electrons. The average molecular weight is 426 g/mol. The number of hydrazine groups is 1. The largest absolute Gasteiger partial charge is 0.496 e. The Kier molecular flexibility index (Phi) is 5.98. The third kappa shape index (κ3) is 4.22. The van der Waals surface area contributed by atoms with Gasteiger partial charge in [0.05, 0.1) is 18.4 Å². The lowest BCUT2D eigenvalue weighted by atomic mass is 10.1. The first-order valence-corrected chi connectivity index (χ1v) is 10.0. The fourth-order valence-electron chi connectivity index (χ4n) is 3.37. The molecule has 0 aliphatic rings. The van der Waals surface area contributed by atoms with E-state index in [1.807, 2.05) is 67.6 Å². The van der Waals surface area contributed by atoms with E-state index < -0.39 is 11.8 Å². The van der Waals surface area contributed by atoms with Crippen molar-refractivity contribution in [1.29, 1.82) is 0 Å². The molecular formula is C25H22N4O3. The van der Waals surface area contributed by atoms with E-state index in [2.05, 4.69) is 16.0 Å². The van der Waals surface area contributed by atoms with Crippen molar-refractivity contribution >= 4 is 11.8 Å². The van der Waals surface area contributed by atoms with Gasteiger partial charge in [-0.3, -0.25) is 20.4 Å². The van der Waals surface area contributed by atoms with Crippen molar-refractivity contribution < 1.29 is 14.3 Å². The predicted molar refractivity (Wildman–Crippen MR) is 122 cm³/mol. The Morgan fingerprint density at radius 3 is 2.16 bits per heavy atom. The topological polar surface area (TPSA) is 85.2 Å². The van der Waals surface area contributed by atoms with Gasteiger partial charge in [0.1, 0.15) is 11.4 Å². The molecule has 0 fully saturated rings. The summed E-state index contributed by atoms with van der Waals surface area (Å²) in [5.74, 6) is -0.301. The highest BCUT2D eigenvalue weighted by atomic mass is 16.5. The maximum absolute atomic E-state index is 13.1. The lowest BCUT2D eigenvalue weighted by Gasteiger charge is -2.10. The molecule has 0 aliphatic heterocycles. The molecule has 1 aromatic heterocycles. The second-order valence-corrected chi connectivity index (χ2v) is 7.09. The van der Waals surface area contributed by atoms with Crippen LogP contribution in [0.2, 0.25) is 0 Å². The highest BCUT2D eigenvalue weighted by molar-refractivity contribution is 6.03. The van der Waals surface area contributed by atoms with Crippen molar-refractivity contribution in [3.8, 4) is 22.7 Å². The van der Waals surface area contributed by atoms with Crippen LogP contribution in [0.5, 0.6) is 5.75 Å². The van der Waals surface area contributed by atoms with E-state index in [9.17, 15) is 9.59 Å². The molecule has 7 heteroatoms. The zero-order chi connectivity index (χ0) is 22.5. The zero-order valence-corrected chi connectivity index (χ0v) is 17.7. The van der Waals surface area contributed by atoms with Gasteiger partial charge in [-0.25, -0.2) is 4.68 Å². The standard InChI is InChI=1S/C25H22N4O3/c1-17-10-6-7-13-19(17)24(30)26-27-25(31)21-16-29(18-11-4-3-5-12-18)28-23(21)20-14-8-9-15-22(20)32-2/h3-16H,1-2H3,(H,26,30)(H,27,31). The third-order valence-corrected chi connectivity index (χ3v) is 5.02. The van der Waals surface area contributed by atoms with Gasteiger partial charge in [0.2, 0.25) is 0 Å². The number of rotatable bonds is 5. The Labute approximate surface area is 185 Å². The fourth-order valence-corrected chi connectivity index (χ4v) is 3.37. The molecule has 0 atom stereocenters. The van der Waals surface area contributed by atoms with Crippen LogP contribution in [0.15, 0.2) is 85.1 Å². The number of amides is 2. The summed E-state index contributed by atoms with van der Waals surface area (Å²) in [4.78, 5) is 25.6. The van der Waals surface area contributed by atoms with E-state index in [4.69, 9.17) is 4.74 Å². The second kappa shape index (κ2) is 9.18. The van der Waals surface area contributed by atoms with Crippen LogP contribution in [-0.4, -0.2) is 28.7 Å². The van der Waals surface area contributed by atoms with Crippen molar-refractivity contribution in [2.75, 3.05) is 7.11 Å². The predicted octanol–water partition coefficient (Wildman–Crippen LogP) is 3.93. The Morgan fingerprint density at radius 1 is 0.812 bits per heavy atom. The summed E-state index contributed by atoms with van der Waals surface area (Å²) in [5.41, 5.74) is 8.49. The van der Waals surface area contributed by atoms with E-state index in [1.165, 1.54) is 0 Å². The van der Waals surface area contributed by atoms with Crippen LogP contribution in [0.3, 0.4) is 0 Å². The lowest BCUT2D eigenvalue weighted by molar-refractivity contribution is 0.0846. The molecule has 0 aliphatic carbocycles. The molecule has 160 valence electrons. The van der Waals surface area contributed by atoms with Gasteiger partial charge in [-0.05, 0) is 42.8 Å². The van der Waals surface area contributed by atoms with E-state index in [0.29, 0.717) is 28.1 Å². The Morgan fingerprint density at radius 2 is 1.44 bits per heavy atom. The molecule has 4 rings (SSSR count). The second-order valence-electron chi connectivity index (χ2n) is 7.09. The molecular weight excluding hydrogens is 404 g/mol. The fraction of sp³-hybridized carbons (Fsp3) is 0.0800. The number of para-hydroxylation sites is 2. The van der Waals surface area contributed by atoms with Gasteiger partial charge in [0.15, 0.2) is 0 Å². The average Bonchev–Trinajstić information content (AvgIpc) is 3.28. The van der Waals surface area contributed by atoms with Crippen molar-refractivity contribution in [3.63, 3.8) is 0 Å². The minimum Gasteiger partial charge on any atom is -0.496 e. The molecule has 0 saturated heterocycles. The van der Waals surface area contributed by atoms with Crippen molar-refractivity contribution in [3.05, 3.63) is 102 Å². The Balaban J connectivity index is 1.67. The van der Waals surface area contributed by atoms with Crippen LogP contribution in [0.4, 0.5) is 0 Å². The van der Waals surface area contributed by atoms with Gasteiger partial charge in [-0.15, -0.1) is 0 Å². The van der Waals surface area contributed by atoms with E-state index in [-0.39, 0.29) is 0 Å². The number of benzene rings is 3. The van der Waals surface area contributed by atoms with E-state index in [1.54, 1.807) is 36.2 Å².